The van der Waals surface area contributed by atoms with Crippen molar-refractivity contribution in [2.45, 2.75) is 26.3 Å². The predicted molar refractivity (Wildman–Crippen MR) is 62.0 cm³/mol. The smallest absolute Gasteiger partial charge is 0.416 e. The van der Waals surface area contributed by atoms with Crippen molar-refractivity contribution in [3.63, 3.8) is 0 Å². The van der Waals surface area contributed by atoms with Crippen molar-refractivity contribution in [2.75, 3.05) is 26.2 Å². The van der Waals surface area contributed by atoms with Crippen LogP contribution >= 0.6 is 0 Å². The summed E-state index contributed by atoms with van der Waals surface area (Å²) in [5.41, 5.74) is 0. The van der Waals surface area contributed by atoms with Gasteiger partial charge in [-0.2, -0.15) is 0 Å². The fraction of sp³-hybridized carbons (Fsp3) is 0.727. The van der Waals surface area contributed by atoms with E-state index in [1.165, 1.54) is 4.90 Å². The fourth-order valence-electron chi connectivity index (χ4n) is 1.68. The lowest BCUT2D eigenvalue weighted by molar-refractivity contribution is -0.140. The highest BCUT2D eigenvalue weighted by Gasteiger charge is 2.30. The lowest BCUT2D eigenvalue weighted by Gasteiger charge is -2.26. The molecule has 0 saturated carbocycles. The van der Waals surface area contributed by atoms with E-state index < -0.39 is 18.0 Å². The summed E-state index contributed by atoms with van der Waals surface area (Å²) in [5.74, 6) is -1.41. The Kier molecular flexibility index (Phi) is 5.08. The zero-order valence-corrected chi connectivity index (χ0v) is 10.6. The molecule has 7 heteroatoms. The van der Waals surface area contributed by atoms with Crippen LogP contribution in [0.1, 0.15) is 20.3 Å². The number of ether oxygens (including phenoxy) is 1. The van der Waals surface area contributed by atoms with Crippen molar-refractivity contribution in [3.8, 4) is 0 Å². The first-order chi connectivity index (χ1) is 8.45. The zero-order chi connectivity index (χ0) is 13.7. The minimum Gasteiger partial charge on any atom is -0.480 e. The van der Waals surface area contributed by atoms with Gasteiger partial charge in [-0.15, -0.1) is 0 Å². The van der Waals surface area contributed by atoms with Gasteiger partial charge in [-0.1, -0.05) is 6.92 Å². The number of carbonyl (C=O) groups is 3. The number of hydrogen-bond donors (Lipinski definition) is 1. The standard InChI is InChI=1S/C11H18N2O5/c1-3-8(2)12(7-10(15)16)6-9(14)13-4-5-18-11(13)17/h8H,3-7H2,1-2H3,(H,15,16). The van der Waals surface area contributed by atoms with E-state index >= 15 is 0 Å². The molecule has 1 N–H and O–H groups in total. The first kappa shape index (κ1) is 14.4. The first-order valence-corrected chi connectivity index (χ1v) is 5.88. The molecule has 0 aliphatic carbocycles. The Balaban J connectivity index is 2.61. The Morgan fingerprint density at radius 2 is 2.17 bits per heavy atom. The third-order valence-electron chi connectivity index (χ3n) is 2.95. The maximum atomic E-state index is 11.9. The van der Waals surface area contributed by atoms with Gasteiger partial charge in [0.2, 0.25) is 5.91 Å². The van der Waals surface area contributed by atoms with Gasteiger partial charge >= 0.3 is 12.1 Å². The highest BCUT2D eigenvalue weighted by molar-refractivity contribution is 5.94. The summed E-state index contributed by atoms with van der Waals surface area (Å²) in [7, 11) is 0. The van der Waals surface area contributed by atoms with E-state index in [0.717, 1.165) is 11.3 Å². The van der Waals surface area contributed by atoms with Crippen LogP contribution in [0.25, 0.3) is 0 Å². The highest BCUT2D eigenvalue weighted by atomic mass is 16.6. The molecule has 1 unspecified atom stereocenters. The molecule has 0 aromatic heterocycles. The molecule has 1 fully saturated rings. The van der Waals surface area contributed by atoms with Gasteiger partial charge in [-0.3, -0.25) is 14.5 Å². The van der Waals surface area contributed by atoms with E-state index in [0.29, 0.717) is 0 Å². The SMILES string of the molecule is CCC(C)N(CC(=O)O)CC(=O)N1CCOC1=O. The summed E-state index contributed by atoms with van der Waals surface area (Å²) >= 11 is 0. The van der Waals surface area contributed by atoms with Crippen molar-refractivity contribution in [3.05, 3.63) is 0 Å². The molecule has 1 atom stereocenters. The molecule has 1 aliphatic rings. The van der Waals surface area contributed by atoms with Gasteiger partial charge in [0.25, 0.3) is 0 Å². The highest BCUT2D eigenvalue weighted by Crippen LogP contribution is 2.08. The van der Waals surface area contributed by atoms with Crippen molar-refractivity contribution in [1.29, 1.82) is 0 Å². The summed E-state index contributed by atoms with van der Waals surface area (Å²) in [6.45, 7) is 3.89. The number of rotatable bonds is 6. The number of carboxylic acids is 1. The van der Waals surface area contributed by atoms with Crippen molar-refractivity contribution < 1.29 is 24.2 Å². The van der Waals surface area contributed by atoms with Crippen LogP contribution in [0, 0.1) is 0 Å². The van der Waals surface area contributed by atoms with Gasteiger partial charge in [0.05, 0.1) is 19.6 Å². The molecule has 0 spiro atoms. The average molecular weight is 258 g/mol. The van der Waals surface area contributed by atoms with Crippen LogP contribution in [-0.2, 0) is 14.3 Å². The Bertz CT molecular complexity index is 344. The van der Waals surface area contributed by atoms with Crippen LogP contribution in [0.4, 0.5) is 4.79 Å². The average Bonchev–Trinajstić information content (AvgIpc) is 2.73. The van der Waals surface area contributed by atoms with Gasteiger partial charge in [0, 0.05) is 6.04 Å². The van der Waals surface area contributed by atoms with Gasteiger partial charge in [-0.05, 0) is 13.3 Å². The van der Waals surface area contributed by atoms with Crippen LogP contribution in [-0.4, -0.2) is 65.2 Å². The molecule has 1 heterocycles. The summed E-state index contributed by atoms with van der Waals surface area (Å²) in [4.78, 5) is 36.4. The summed E-state index contributed by atoms with van der Waals surface area (Å²) in [6, 6.07) is -0.0383. The number of carboxylic acid groups (broad SMARTS) is 1. The number of hydrogen-bond acceptors (Lipinski definition) is 5. The number of amides is 2. The molecular weight excluding hydrogens is 240 g/mol. The van der Waals surface area contributed by atoms with Crippen LogP contribution in [0.5, 0.6) is 0 Å². The second kappa shape index (κ2) is 6.34. The Hall–Kier alpha value is -1.63. The van der Waals surface area contributed by atoms with Gasteiger partial charge in [0.1, 0.15) is 6.61 Å². The van der Waals surface area contributed by atoms with Gasteiger partial charge in [-0.25, -0.2) is 9.69 Å². The largest absolute Gasteiger partial charge is 0.480 e. The monoisotopic (exact) mass is 258 g/mol. The second-order valence-corrected chi connectivity index (χ2v) is 4.22. The van der Waals surface area contributed by atoms with Crippen LogP contribution in [0.2, 0.25) is 0 Å². The number of cyclic esters (lactones) is 1. The third kappa shape index (κ3) is 3.69. The van der Waals surface area contributed by atoms with E-state index in [4.69, 9.17) is 5.11 Å². The number of nitrogens with zero attached hydrogens (tertiary/aromatic N) is 2. The molecule has 1 rings (SSSR count). The second-order valence-electron chi connectivity index (χ2n) is 4.22. The van der Waals surface area contributed by atoms with E-state index in [2.05, 4.69) is 4.74 Å². The molecular formula is C11H18N2O5. The van der Waals surface area contributed by atoms with Crippen molar-refractivity contribution >= 4 is 18.0 Å². The van der Waals surface area contributed by atoms with Gasteiger partial charge < -0.3 is 9.84 Å². The minimum absolute atomic E-state index is 0.0383. The maximum Gasteiger partial charge on any atom is 0.416 e. The maximum absolute atomic E-state index is 11.9. The number of carbonyl (C=O) groups excluding carboxylic acids is 2. The molecule has 102 valence electrons. The molecule has 0 bridgehead atoms. The first-order valence-electron chi connectivity index (χ1n) is 5.88. The molecule has 1 aliphatic heterocycles. The molecule has 0 aromatic rings. The lowest BCUT2D eigenvalue weighted by Crippen LogP contribution is -2.45. The van der Waals surface area contributed by atoms with E-state index in [-0.39, 0.29) is 32.3 Å². The minimum atomic E-state index is -0.993. The van der Waals surface area contributed by atoms with Crippen LogP contribution in [0.3, 0.4) is 0 Å². The summed E-state index contributed by atoms with van der Waals surface area (Å²) < 4.78 is 4.67. The normalized spacial score (nSPS) is 16.8. The van der Waals surface area contributed by atoms with Crippen molar-refractivity contribution in [2.24, 2.45) is 0 Å². The van der Waals surface area contributed by atoms with Gasteiger partial charge in [0.15, 0.2) is 0 Å². The molecule has 0 radical (unpaired) electrons. The Labute approximate surface area is 105 Å². The Morgan fingerprint density at radius 1 is 1.50 bits per heavy atom. The molecule has 1 saturated heterocycles. The van der Waals surface area contributed by atoms with E-state index in [9.17, 15) is 14.4 Å². The van der Waals surface area contributed by atoms with Crippen LogP contribution in [0.15, 0.2) is 0 Å². The van der Waals surface area contributed by atoms with E-state index in [1.54, 1.807) is 0 Å². The molecule has 7 nitrogen and oxygen atoms in total. The van der Waals surface area contributed by atoms with Crippen molar-refractivity contribution in [1.82, 2.24) is 9.80 Å². The summed E-state index contributed by atoms with van der Waals surface area (Å²) in [5, 5.41) is 8.80. The topological polar surface area (TPSA) is 87.2 Å². The summed E-state index contributed by atoms with van der Waals surface area (Å²) in [6.07, 6.45) is 0.0739. The van der Waals surface area contributed by atoms with Crippen LogP contribution < -0.4 is 0 Å². The quantitative estimate of drug-likeness (QED) is 0.729. The fourth-order valence-corrected chi connectivity index (χ4v) is 1.68. The third-order valence-corrected chi connectivity index (χ3v) is 2.95. The predicted octanol–water partition coefficient (Wildman–Crippen LogP) is 0.150. The molecule has 2 amide bonds. The number of aliphatic carboxylic acids is 1. The molecule has 0 aromatic carbocycles. The lowest BCUT2D eigenvalue weighted by atomic mass is 10.2. The molecule has 18 heavy (non-hydrogen) atoms. The zero-order valence-electron chi connectivity index (χ0n) is 10.6. The Morgan fingerprint density at radius 3 is 2.61 bits per heavy atom. The van der Waals surface area contributed by atoms with E-state index in [1.807, 2.05) is 13.8 Å². The number of imide groups is 1.